The first kappa shape index (κ1) is 21.5. The summed E-state index contributed by atoms with van der Waals surface area (Å²) in [6.07, 6.45) is 0.741. The van der Waals surface area contributed by atoms with Crippen molar-refractivity contribution in [2.75, 3.05) is 19.6 Å². The van der Waals surface area contributed by atoms with Gasteiger partial charge in [0.25, 0.3) is 21.8 Å². The maximum Gasteiger partial charge on any atom is 0.262 e. The summed E-state index contributed by atoms with van der Waals surface area (Å²) in [5.74, 6) is -0.472. The third-order valence-electron chi connectivity index (χ3n) is 4.57. The first-order valence-electron chi connectivity index (χ1n) is 9.65. The number of sulfonamides is 1. The van der Waals surface area contributed by atoms with Gasteiger partial charge in [-0.3, -0.25) is 19.3 Å². The molecule has 0 radical (unpaired) electrons. The van der Waals surface area contributed by atoms with Gasteiger partial charge in [-0.1, -0.05) is 29.8 Å². The Morgan fingerprint density at radius 1 is 0.900 bits per heavy atom. The van der Waals surface area contributed by atoms with E-state index in [1.54, 1.807) is 36.4 Å². The summed E-state index contributed by atoms with van der Waals surface area (Å²) in [5, 5.41) is 5.49. The van der Waals surface area contributed by atoms with E-state index < -0.39 is 15.9 Å². The highest BCUT2D eigenvalue weighted by Crippen LogP contribution is 2.11. The smallest absolute Gasteiger partial charge is 0.262 e. The lowest BCUT2D eigenvalue weighted by Crippen LogP contribution is -2.35. The molecule has 0 atom stereocenters. The summed E-state index contributed by atoms with van der Waals surface area (Å²) < 4.78 is 27.9. The number of aryl methyl sites for hydroxylation is 1. The van der Waals surface area contributed by atoms with Crippen LogP contribution < -0.4 is 15.4 Å². The van der Waals surface area contributed by atoms with Crippen molar-refractivity contribution in [2.45, 2.75) is 24.7 Å². The van der Waals surface area contributed by atoms with E-state index in [2.05, 4.69) is 20.3 Å². The van der Waals surface area contributed by atoms with Gasteiger partial charge >= 0.3 is 0 Å². The van der Waals surface area contributed by atoms with Gasteiger partial charge in [-0.2, -0.15) is 0 Å². The van der Waals surface area contributed by atoms with Crippen molar-refractivity contribution < 1.29 is 18.0 Å². The summed E-state index contributed by atoms with van der Waals surface area (Å²) in [6.45, 7) is 2.74. The molecular weight excluding hydrogens is 404 g/mol. The van der Waals surface area contributed by atoms with Gasteiger partial charge in [-0.05, 0) is 37.6 Å². The van der Waals surface area contributed by atoms with Crippen molar-refractivity contribution >= 4 is 27.7 Å². The zero-order valence-electron chi connectivity index (χ0n) is 16.6. The largest absolute Gasteiger partial charge is 0.352 e. The summed E-state index contributed by atoms with van der Waals surface area (Å²) in [5.41, 5.74) is 1.53. The highest BCUT2D eigenvalue weighted by atomic mass is 32.2. The van der Waals surface area contributed by atoms with Gasteiger partial charge in [0.05, 0.1) is 16.0 Å². The molecular formula is C21H24N4O4S. The Bertz CT molecular complexity index is 1060. The van der Waals surface area contributed by atoms with Crippen molar-refractivity contribution in [3.63, 3.8) is 0 Å². The molecule has 30 heavy (non-hydrogen) atoms. The van der Waals surface area contributed by atoms with Gasteiger partial charge in [0, 0.05) is 26.1 Å². The third kappa shape index (κ3) is 5.44. The quantitative estimate of drug-likeness (QED) is 0.674. The van der Waals surface area contributed by atoms with Gasteiger partial charge < -0.3 is 10.6 Å². The standard InChI is InChI=1S/C21H24N4O4S/c1-15-7-9-16(10-8-15)30(28,29)25-19-11-14-24-21(27)18-6-3-2-5-17(18)20(26)23-13-4-12-22-19/h2-3,5-10H,4,11-14H2,1H3,(H,22,25)(H,23,26)(H,24,27). The van der Waals surface area contributed by atoms with Gasteiger partial charge in [-0.25, -0.2) is 8.42 Å². The monoisotopic (exact) mass is 428 g/mol. The average molecular weight is 429 g/mol. The summed E-state index contributed by atoms with van der Waals surface area (Å²) in [6, 6.07) is 13.1. The Morgan fingerprint density at radius 3 is 2.13 bits per heavy atom. The molecule has 0 saturated heterocycles. The summed E-state index contributed by atoms with van der Waals surface area (Å²) in [4.78, 5) is 29.4. The fraction of sp³-hybridized carbons (Fsp3) is 0.286. The number of hydrogen-bond acceptors (Lipinski definition) is 5. The van der Waals surface area contributed by atoms with Gasteiger partial charge in [0.1, 0.15) is 5.84 Å². The molecule has 0 fully saturated rings. The van der Waals surface area contributed by atoms with E-state index in [1.165, 1.54) is 12.1 Å². The van der Waals surface area contributed by atoms with Crippen molar-refractivity contribution in [1.82, 2.24) is 15.4 Å². The molecule has 0 aromatic heterocycles. The molecule has 1 aliphatic heterocycles. The number of nitrogens with zero attached hydrogens (tertiary/aromatic N) is 1. The normalized spacial score (nSPS) is 16.0. The minimum atomic E-state index is -3.78. The minimum Gasteiger partial charge on any atom is -0.352 e. The fourth-order valence-corrected chi connectivity index (χ4v) is 4.04. The predicted octanol–water partition coefficient (Wildman–Crippen LogP) is 1.63. The maximum atomic E-state index is 12.7. The van der Waals surface area contributed by atoms with Crippen molar-refractivity contribution in [3.8, 4) is 0 Å². The molecule has 2 aromatic rings. The summed E-state index contributed by atoms with van der Waals surface area (Å²) >= 11 is 0. The Balaban J connectivity index is 1.77. The molecule has 0 unspecified atom stereocenters. The first-order valence-corrected chi connectivity index (χ1v) is 11.1. The number of rotatable bonds is 2. The summed E-state index contributed by atoms with van der Waals surface area (Å²) in [7, 11) is -3.78. The second-order valence-corrected chi connectivity index (χ2v) is 8.59. The van der Waals surface area contributed by atoms with Crippen LogP contribution in [-0.4, -0.2) is 45.7 Å². The fourth-order valence-electron chi connectivity index (χ4n) is 2.95. The topological polar surface area (TPSA) is 117 Å². The second-order valence-electron chi connectivity index (χ2n) is 6.91. The lowest BCUT2D eigenvalue weighted by molar-refractivity contribution is 0.0920. The average Bonchev–Trinajstić information content (AvgIpc) is 2.73. The number of carbonyl (C=O) groups is 2. The molecule has 0 bridgehead atoms. The molecule has 2 aromatic carbocycles. The van der Waals surface area contributed by atoms with Crippen LogP contribution in [0.2, 0.25) is 0 Å². The molecule has 1 heterocycles. The highest BCUT2D eigenvalue weighted by Gasteiger charge is 2.19. The molecule has 1 aliphatic rings. The minimum absolute atomic E-state index is 0.143. The van der Waals surface area contributed by atoms with Crippen molar-refractivity contribution in [1.29, 1.82) is 0 Å². The van der Waals surface area contributed by atoms with Crippen LogP contribution in [0, 0.1) is 6.92 Å². The molecule has 3 N–H and O–H groups in total. The number of aliphatic imine (C=N–C) groups is 1. The maximum absolute atomic E-state index is 12.7. The third-order valence-corrected chi connectivity index (χ3v) is 5.97. The molecule has 9 heteroatoms. The van der Waals surface area contributed by atoms with Crippen LogP contribution >= 0.6 is 0 Å². The molecule has 3 rings (SSSR count). The number of hydrogen-bond donors (Lipinski definition) is 3. The molecule has 2 amide bonds. The van der Waals surface area contributed by atoms with E-state index in [1.807, 2.05) is 6.92 Å². The van der Waals surface area contributed by atoms with Crippen LogP contribution in [0.1, 0.15) is 39.1 Å². The van der Waals surface area contributed by atoms with Crippen molar-refractivity contribution in [3.05, 3.63) is 65.2 Å². The lowest BCUT2D eigenvalue weighted by Gasteiger charge is -2.12. The van der Waals surface area contributed by atoms with Gasteiger partial charge in [0.15, 0.2) is 0 Å². The van der Waals surface area contributed by atoms with E-state index in [0.29, 0.717) is 25.1 Å². The number of nitrogens with one attached hydrogen (secondary N) is 3. The van der Waals surface area contributed by atoms with E-state index in [4.69, 9.17) is 0 Å². The number of amidine groups is 1. The van der Waals surface area contributed by atoms with E-state index in [-0.39, 0.29) is 35.2 Å². The molecule has 0 aliphatic carbocycles. The molecule has 158 valence electrons. The number of carbonyl (C=O) groups excluding carboxylic acids is 2. The van der Waals surface area contributed by atoms with Crippen LogP contribution in [0.5, 0.6) is 0 Å². The van der Waals surface area contributed by atoms with Crippen molar-refractivity contribution in [2.24, 2.45) is 4.99 Å². The van der Waals surface area contributed by atoms with Gasteiger partial charge in [0.2, 0.25) is 0 Å². The van der Waals surface area contributed by atoms with E-state index in [0.717, 1.165) is 5.56 Å². The Hall–Kier alpha value is -3.20. The number of amides is 2. The zero-order chi connectivity index (χ0) is 21.6. The second kappa shape index (κ2) is 9.53. The van der Waals surface area contributed by atoms with Crippen LogP contribution in [0.15, 0.2) is 58.4 Å². The number of fused-ring (bicyclic) bond motifs is 1. The van der Waals surface area contributed by atoms with Gasteiger partial charge in [-0.15, -0.1) is 0 Å². The first-order chi connectivity index (χ1) is 14.4. The highest BCUT2D eigenvalue weighted by molar-refractivity contribution is 7.90. The Kier molecular flexibility index (Phi) is 6.83. The van der Waals surface area contributed by atoms with E-state index in [9.17, 15) is 18.0 Å². The lowest BCUT2D eigenvalue weighted by atomic mass is 10.1. The van der Waals surface area contributed by atoms with Crippen LogP contribution in [0.25, 0.3) is 0 Å². The molecule has 8 nitrogen and oxygen atoms in total. The molecule has 0 saturated carbocycles. The number of benzene rings is 2. The predicted molar refractivity (Wildman–Crippen MR) is 114 cm³/mol. The Morgan fingerprint density at radius 2 is 1.50 bits per heavy atom. The molecule has 0 spiro atoms. The van der Waals surface area contributed by atoms with E-state index >= 15 is 0 Å². The van der Waals surface area contributed by atoms with Crippen LogP contribution in [0.3, 0.4) is 0 Å². The Labute approximate surface area is 175 Å². The zero-order valence-corrected chi connectivity index (χ0v) is 17.5. The SMILES string of the molecule is Cc1ccc(S(=O)(=O)NC2=NCCCNC(=O)c3ccccc3C(=O)NCC2)cc1. The van der Waals surface area contributed by atoms with Crippen LogP contribution in [0.4, 0.5) is 0 Å². The van der Waals surface area contributed by atoms with Crippen LogP contribution in [-0.2, 0) is 10.0 Å².